The standard InChI is InChI=1S/C29H29N3O5/c1-16-8-13-22-19(15-36-27(22)17(16)2)14-25(33)32-31-23-6-5-7-24-26(23)18(3)28(37-24)29(34)30-20-9-11-21(35-4)12-10-20/h8-13,15H,5-7,14H2,1-4H3,(H,30,34)(H,32,33)/b31-23+. The number of rotatable bonds is 6. The molecule has 5 rings (SSSR count). The summed E-state index contributed by atoms with van der Waals surface area (Å²) in [5, 5.41) is 8.23. The van der Waals surface area contributed by atoms with Gasteiger partial charge in [-0.2, -0.15) is 5.10 Å². The number of hydrogen-bond acceptors (Lipinski definition) is 6. The molecular formula is C29H29N3O5. The highest BCUT2D eigenvalue weighted by molar-refractivity contribution is 6.09. The van der Waals surface area contributed by atoms with E-state index in [2.05, 4.69) is 15.8 Å². The number of amides is 2. The first kappa shape index (κ1) is 24.4. The van der Waals surface area contributed by atoms with Crippen LogP contribution in [0.4, 0.5) is 5.69 Å². The molecule has 0 radical (unpaired) electrons. The Hall–Kier alpha value is -4.33. The molecule has 0 unspecified atom stereocenters. The number of hydrazone groups is 1. The molecule has 2 aromatic carbocycles. The van der Waals surface area contributed by atoms with E-state index in [4.69, 9.17) is 13.6 Å². The summed E-state index contributed by atoms with van der Waals surface area (Å²) in [7, 11) is 1.59. The zero-order valence-electron chi connectivity index (χ0n) is 21.4. The third-order valence-corrected chi connectivity index (χ3v) is 6.89. The number of fused-ring (bicyclic) bond motifs is 2. The van der Waals surface area contributed by atoms with Crippen molar-refractivity contribution in [3.63, 3.8) is 0 Å². The first-order valence-corrected chi connectivity index (χ1v) is 12.3. The molecule has 1 aliphatic rings. The number of furan rings is 2. The van der Waals surface area contributed by atoms with Crippen molar-refractivity contribution < 1.29 is 23.2 Å². The zero-order chi connectivity index (χ0) is 26.1. The van der Waals surface area contributed by atoms with E-state index < -0.39 is 0 Å². The summed E-state index contributed by atoms with van der Waals surface area (Å²) in [6.07, 6.45) is 3.99. The van der Waals surface area contributed by atoms with Crippen LogP contribution in [0.3, 0.4) is 0 Å². The smallest absolute Gasteiger partial charge is 0.291 e. The molecule has 37 heavy (non-hydrogen) atoms. The summed E-state index contributed by atoms with van der Waals surface area (Å²) in [5.74, 6) is 1.09. The van der Waals surface area contributed by atoms with Crippen molar-refractivity contribution in [2.45, 2.75) is 46.5 Å². The molecule has 0 spiro atoms. The second kappa shape index (κ2) is 9.97. The van der Waals surface area contributed by atoms with E-state index in [1.807, 2.05) is 32.9 Å². The Kier molecular flexibility index (Phi) is 6.56. The minimum absolute atomic E-state index is 0.152. The largest absolute Gasteiger partial charge is 0.497 e. The molecule has 0 saturated heterocycles. The average Bonchev–Trinajstić information content (AvgIpc) is 3.47. The lowest BCUT2D eigenvalue weighted by Gasteiger charge is -2.13. The molecule has 0 bridgehead atoms. The third kappa shape index (κ3) is 4.74. The second-order valence-electron chi connectivity index (χ2n) is 9.31. The van der Waals surface area contributed by atoms with E-state index in [1.54, 1.807) is 37.6 Å². The molecule has 0 aliphatic heterocycles. The van der Waals surface area contributed by atoms with Crippen LogP contribution in [0, 0.1) is 20.8 Å². The quantitative estimate of drug-likeness (QED) is 0.335. The number of carbonyl (C=O) groups excluding carboxylic acids is 2. The summed E-state index contributed by atoms with van der Waals surface area (Å²) >= 11 is 0. The predicted molar refractivity (Wildman–Crippen MR) is 141 cm³/mol. The molecule has 8 heteroatoms. The van der Waals surface area contributed by atoms with Crippen LogP contribution in [0.15, 0.2) is 56.6 Å². The Morgan fingerprint density at radius 2 is 1.81 bits per heavy atom. The van der Waals surface area contributed by atoms with Crippen molar-refractivity contribution in [3.05, 3.63) is 82.0 Å². The number of hydrogen-bond donors (Lipinski definition) is 2. The molecule has 0 saturated carbocycles. The van der Waals surface area contributed by atoms with Gasteiger partial charge in [0.1, 0.15) is 17.1 Å². The van der Waals surface area contributed by atoms with Gasteiger partial charge in [0, 0.05) is 34.2 Å². The van der Waals surface area contributed by atoms with Gasteiger partial charge in [0.05, 0.1) is 25.5 Å². The topological polar surface area (TPSA) is 106 Å². The molecule has 2 amide bonds. The molecular weight excluding hydrogens is 470 g/mol. The van der Waals surface area contributed by atoms with Crippen molar-refractivity contribution in [1.29, 1.82) is 0 Å². The molecule has 2 heterocycles. The van der Waals surface area contributed by atoms with Gasteiger partial charge < -0.3 is 18.9 Å². The average molecular weight is 500 g/mol. The number of anilines is 1. The highest BCUT2D eigenvalue weighted by Gasteiger charge is 2.28. The Labute approximate surface area is 214 Å². The van der Waals surface area contributed by atoms with Gasteiger partial charge in [-0.1, -0.05) is 12.1 Å². The number of nitrogens with zero attached hydrogens (tertiary/aromatic N) is 1. The van der Waals surface area contributed by atoms with E-state index in [0.717, 1.165) is 39.6 Å². The van der Waals surface area contributed by atoms with Crippen LogP contribution < -0.4 is 15.5 Å². The normalized spacial score (nSPS) is 14.0. The SMILES string of the molecule is COc1ccc(NC(=O)c2oc3c(c2C)/C(=N/NC(=O)Cc2coc4c(C)c(C)ccc24)CCC3)cc1. The van der Waals surface area contributed by atoms with Crippen LogP contribution in [-0.2, 0) is 17.6 Å². The van der Waals surface area contributed by atoms with Crippen LogP contribution in [0.25, 0.3) is 11.0 Å². The van der Waals surface area contributed by atoms with Crippen molar-refractivity contribution >= 4 is 34.2 Å². The highest BCUT2D eigenvalue weighted by Crippen LogP contribution is 2.31. The van der Waals surface area contributed by atoms with Crippen LogP contribution in [-0.4, -0.2) is 24.6 Å². The molecule has 0 fully saturated rings. The summed E-state index contributed by atoms with van der Waals surface area (Å²) in [6.45, 7) is 5.89. The number of benzene rings is 2. The second-order valence-corrected chi connectivity index (χ2v) is 9.31. The zero-order valence-corrected chi connectivity index (χ0v) is 21.4. The van der Waals surface area contributed by atoms with Gasteiger partial charge >= 0.3 is 0 Å². The molecule has 2 aromatic heterocycles. The van der Waals surface area contributed by atoms with Crippen molar-refractivity contribution in [1.82, 2.24) is 5.43 Å². The van der Waals surface area contributed by atoms with Crippen molar-refractivity contribution in [2.75, 3.05) is 12.4 Å². The monoisotopic (exact) mass is 499 g/mol. The van der Waals surface area contributed by atoms with Crippen molar-refractivity contribution in [3.8, 4) is 5.75 Å². The maximum Gasteiger partial charge on any atom is 0.291 e. The van der Waals surface area contributed by atoms with E-state index in [-0.39, 0.29) is 24.0 Å². The molecule has 2 N–H and O–H groups in total. The maximum atomic E-state index is 13.0. The third-order valence-electron chi connectivity index (χ3n) is 6.89. The Morgan fingerprint density at radius 1 is 1.03 bits per heavy atom. The fraction of sp³-hybridized carbons (Fsp3) is 0.276. The minimum Gasteiger partial charge on any atom is -0.497 e. The molecule has 1 aliphatic carbocycles. The van der Waals surface area contributed by atoms with Crippen molar-refractivity contribution in [2.24, 2.45) is 5.10 Å². The number of carbonyl (C=O) groups is 2. The first-order chi connectivity index (χ1) is 17.9. The van der Waals surface area contributed by atoms with Gasteiger partial charge in [-0.25, -0.2) is 5.43 Å². The van der Waals surface area contributed by atoms with Crippen LogP contribution in [0.2, 0.25) is 0 Å². The Morgan fingerprint density at radius 3 is 2.57 bits per heavy atom. The maximum absolute atomic E-state index is 13.0. The summed E-state index contributed by atoms with van der Waals surface area (Å²) < 4.78 is 16.9. The van der Waals surface area contributed by atoms with Crippen LogP contribution in [0.5, 0.6) is 5.75 Å². The lowest BCUT2D eigenvalue weighted by Crippen LogP contribution is -2.23. The van der Waals surface area contributed by atoms with E-state index in [9.17, 15) is 9.59 Å². The van der Waals surface area contributed by atoms with Gasteiger partial charge in [0.25, 0.3) is 5.91 Å². The number of nitrogens with one attached hydrogen (secondary N) is 2. The van der Waals surface area contributed by atoms with Gasteiger partial charge in [-0.3, -0.25) is 9.59 Å². The summed E-state index contributed by atoms with van der Waals surface area (Å²) in [4.78, 5) is 25.7. The predicted octanol–water partition coefficient (Wildman–Crippen LogP) is 5.61. The lowest BCUT2D eigenvalue weighted by molar-refractivity contribution is -0.120. The minimum atomic E-state index is -0.335. The molecule has 190 valence electrons. The molecule has 0 atom stereocenters. The van der Waals surface area contributed by atoms with Gasteiger partial charge in [0.2, 0.25) is 5.91 Å². The van der Waals surface area contributed by atoms with E-state index in [0.29, 0.717) is 41.3 Å². The fourth-order valence-electron chi connectivity index (χ4n) is 4.73. The van der Waals surface area contributed by atoms with Gasteiger partial charge in [0.15, 0.2) is 5.76 Å². The summed E-state index contributed by atoms with van der Waals surface area (Å²) in [6, 6.07) is 11.1. The Bertz CT molecular complexity index is 1530. The number of ether oxygens (including phenoxy) is 1. The highest BCUT2D eigenvalue weighted by atomic mass is 16.5. The number of methoxy groups -OCH3 is 1. The fourth-order valence-corrected chi connectivity index (χ4v) is 4.73. The number of aryl methyl sites for hydroxylation is 3. The van der Waals surface area contributed by atoms with Gasteiger partial charge in [-0.05, 0) is 69.0 Å². The van der Waals surface area contributed by atoms with Crippen LogP contribution >= 0.6 is 0 Å². The summed E-state index contributed by atoms with van der Waals surface area (Å²) in [5.41, 5.74) is 9.38. The lowest BCUT2D eigenvalue weighted by atomic mass is 9.93. The molecule has 4 aromatic rings. The molecule has 8 nitrogen and oxygen atoms in total. The van der Waals surface area contributed by atoms with E-state index in [1.165, 1.54) is 0 Å². The van der Waals surface area contributed by atoms with Gasteiger partial charge in [-0.15, -0.1) is 0 Å². The first-order valence-electron chi connectivity index (χ1n) is 12.3. The van der Waals surface area contributed by atoms with Crippen LogP contribution in [0.1, 0.15) is 57.0 Å². The van der Waals surface area contributed by atoms with E-state index >= 15 is 0 Å². The Balaban J connectivity index is 1.32.